The number of hydrogen-bond acceptors (Lipinski definition) is 8. The molecule has 12 heteroatoms. The summed E-state index contributed by atoms with van der Waals surface area (Å²) < 4.78 is 43.5. The molecule has 0 fully saturated rings. The maximum absolute atomic E-state index is 13.6. The minimum atomic E-state index is -3.61. The molecule has 0 spiro atoms. The fourth-order valence-electron chi connectivity index (χ4n) is 4.04. The van der Waals surface area contributed by atoms with E-state index in [1.54, 1.807) is 38.2 Å². The summed E-state index contributed by atoms with van der Waals surface area (Å²) in [6.45, 7) is 5.03. The van der Waals surface area contributed by atoms with Crippen LogP contribution in [-0.2, 0) is 16.6 Å². The molecule has 0 saturated heterocycles. The molecule has 0 bridgehead atoms. The van der Waals surface area contributed by atoms with Crippen molar-refractivity contribution in [2.45, 2.75) is 25.6 Å². The summed E-state index contributed by atoms with van der Waals surface area (Å²) in [6.07, 6.45) is 3.72. The molecular formula is C28H30FN7O2S2. The average Bonchev–Trinajstić information content (AvgIpc) is 3.51. The van der Waals surface area contributed by atoms with Gasteiger partial charge in [0.1, 0.15) is 5.82 Å². The highest BCUT2D eigenvalue weighted by Gasteiger charge is 2.22. The summed E-state index contributed by atoms with van der Waals surface area (Å²) in [4.78, 5) is 16.4. The lowest BCUT2D eigenvalue weighted by Gasteiger charge is -2.11. The van der Waals surface area contributed by atoms with Crippen molar-refractivity contribution in [1.29, 1.82) is 0 Å². The van der Waals surface area contributed by atoms with Crippen molar-refractivity contribution >= 4 is 49.0 Å². The molecule has 0 aliphatic rings. The topological polar surface area (TPSA) is 105 Å². The fourth-order valence-corrected chi connectivity index (χ4v) is 5.88. The number of nitrogens with zero attached hydrogens (tertiary/aromatic N) is 5. The zero-order valence-electron chi connectivity index (χ0n) is 22.6. The smallest absolute Gasteiger partial charge is 0.236 e. The molecule has 0 atom stereocenters. The van der Waals surface area contributed by atoms with Crippen molar-refractivity contribution in [1.82, 2.24) is 24.4 Å². The van der Waals surface area contributed by atoms with Crippen LogP contribution in [0.4, 0.5) is 21.2 Å². The van der Waals surface area contributed by atoms with Crippen LogP contribution in [-0.4, -0.2) is 58.7 Å². The SMILES string of the molecule is CC(C)S(=O)(=O)Nc1nc(-c2ccc(F)cc2)c(-c2ccnc(Nc3ccc4c(ccn4CCN(C)C)c3)n2)s1. The van der Waals surface area contributed by atoms with Crippen LogP contribution in [0, 0.1) is 5.82 Å². The van der Waals surface area contributed by atoms with Crippen molar-refractivity contribution in [3.05, 3.63) is 72.8 Å². The lowest BCUT2D eigenvalue weighted by Crippen LogP contribution is -2.22. The van der Waals surface area contributed by atoms with Crippen molar-refractivity contribution in [2.75, 3.05) is 30.7 Å². The molecule has 0 unspecified atom stereocenters. The lowest BCUT2D eigenvalue weighted by atomic mass is 10.1. The molecule has 2 N–H and O–H groups in total. The second kappa shape index (κ2) is 11.3. The van der Waals surface area contributed by atoms with Crippen LogP contribution in [0.15, 0.2) is 67.0 Å². The van der Waals surface area contributed by atoms with Crippen LogP contribution in [0.3, 0.4) is 0 Å². The van der Waals surface area contributed by atoms with Gasteiger partial charge in [0.15, 0.2) is 5.13 Å². The van der Waals surface area contributed by atoms with Gasteiger partial charge in [0.2, 0.25) is 16.0 Å². The normalized spacial score (nSPS) is 12.0. The Morgan fingerprint density at radius 3 is 2.55 bits per heavy atom. The van der Waals surface area contributed by atoms with Crippen molar-refractivity contribution < 1.29 is 12.8 Å². The molecule has 40 heavy (non-hydrogen) atoms. The van der Waals surface area contributed by atoms with Crippen LogP contribution >= 0.6 is 11.3 Å². The Labute approximate surface area is 236 Å². The minimum Gasteiger partial charge on any atom is -0.346 e. The van der Waals surface area contributed by atoms with E-state index in [-0.39, 0.29) is 10.9 Å². The first-order valence-corrected chi connectivity index (χ1v) is 15.1. The van der Waals surface area contributed by atoms with E-state index in [4.69, 9.17) is 4.98 Å². The number of aromatic nitrogens is 4. The fraction of sp³-hybridized carbons (Fsp3) is 0.250. The van der Waals surface area contributed by atoms with Gasteiger partial charge in [-0.1, -0.05) is 11.3 Å². The maximum atomic E-state index is 13.6. The highest BCUT2D eigenvalue weighted by atomic mass is 32.2. The van der Waals surface area contributed by atoms with Crippen LogP contribution in [0.5, 0.6) is 0 Å². The van der Waals surface area contributed by atoms with Gasteiger partial charge in [0.25, 0.3) is 0 Å². The van der Waals surface area contributed by atoms with E-state index in [1.807, 2.05) is 12.1 Å². The van der Waals surface area contributed by atoms with Gasteiger partial charge in [-0.15, -0.1) is 0 Å². The molecule has 0 saturated carbocycles. The van der Waals surface area contributed by atoms with Crippen LogP contribution in [0.1, 0.15) is 13.8 Å². The van der Waals surface area contributed by atoms with Gasteiger partial charge in [0, 0.05) is 47.6 Å². The Hall–Kier alpha value is -3.87. The first-order valence-electron chi connectivity index (χ1n) is 12.7. The molecule has 3 heterocycles. The quantitative estimate of drug-likeness (QED) is 0.215. The number of hydrogen-bond donors (Lipinski definition) is 2. The first-order chi connectivity index (χ1) is 19.1. The standard InChI is InChI=1S/C28H30FN7O2S2/c1-18(2)40(37,38)34-28-33-25(19-5-7-21(29)8-6-19)26(39-28)23-11-13-30-27(32-23)31-22-9-10-24-20(17-22)12-14-36(24)16-15-35(3)4/h5-14,17-18H,15-16H2,1-4H3,(H,33,34)(H,30,31,32). The third-order valence-corrected chi connectivity index (χ3v) is 9.14. The number of halogens is 1. The van der Waals surface area contributed by atoms with Crippen LogP contribution < -0.4 is 10.0 Å². The predicted molar refractivity (Wildman–Crippen MR) is 160 cm³/mol. The summed E-state index contributed by atoms with van der Waals surface area (Å²) in [5.41, 5.74) is 3.67. The third kappa shape index (κ3) is 6.14. The van der Waals surface area contributed by atoms with Crippen molar-refractivity contribution in [2.24, 2.45) is 0 Å². The summed E-state index contributed by atoms with van der Waals surface area (Å²) in [5.74, 6) is 0.00598. The van der Waals surface area contributed by atoms with E-state index < -0.39 is 15.3 Å². The van der Waals surface area contributed by atoms with Crippen molar-refractivity contribution in [3.63, 3.8) is 0 Å². The monoisotopic (exact) mass is 579 g/mol. The predicted octanol–water partition coefficient (Wildman–Crippen LogP) is 5.82. The van der Waals surface area contributed by atoms with Gasteiger partial charge in [-0.2, -0.15) is 0 Å². The van der Waals surface area contributed by atoms with E-state index in [9.17, 15) is 12.8 Å². The number of likely N-dealkylation sites (N-methyl/N-ethyl adjacent to an activating group) is 1. The molecule has 0 aliphatic heterocycles. The van der Waals surface area contributed by atoms with Gasteiger partial charge in [-0.3, -0.25) is 4.72 Å². The molecule has 0 aliphatic carbocycles. The number of benzene rings is 2. The van der Waals surface area contributed by atoms with Crippen LogP contribution in [0.2, 0.25) is 0 Å². The van der Waals surface area contributed by atoms with Gasteiger partial charge >= 0.3 is 0 Å². The number of nitrogens with one attached hydrogen (secondary N) is 2. The van der Waals surface area contributed by atoms with Gasteiger partial charge < -0.3 is 14.8 Å². The molecular weight excluding hydrogens is 549 g/mol. The third-order valence-electron chi connectivity index (χ3n) is 6.30. The van der Waals surface area contributed by atoms with E-state index >= 15 is 0 Å². The average molecular weight is 580 g/mol. The summed E-state index contributed by atoms with van der Waals surface area (Å²) in [6, 6.07) is 15.8. The molecule has 0 amide bonds. The number of rotatable bonds is 10. The van der Waals surface area contributed by atoms with E-state index in [0.717, 1.165) is 41.0 Å². The zero-order chi connectivity index (χ0) is 28.4. The number of fused-ring (bicyclic) bond motifs is 1. The molecule has 208 valence electrons. The van der Waals surface area contributed by atoms with E-state index in [2.05, 4.69) is 61.9 Å². The molecule has 9 nitrogen and oxygen atoms in total. The number of sulfonamides is 1. The Kier molecular flexibility index (Phi) is 7.83. The largest absolute Gasteiger partial charge is 0.346 e. The van der Waals surface area contributed by atoms with E-state index in [0.29, 0.717) is 27.8 Å². The first kappa shape index (κ1) is 27.7. The molecule has 2 aromatic carbocycles. The second-order valence-corrected chi connectivity index (χ2v) is 13.1. The molecule has 3 aromatic heterocycles. The number of anilines is 3. The Bertz CT molecular complexity index is 1750. The van der Waals surface area contributed by atoms with Crippen molar-refractivity contribution in [3.8, 4) is 21.8 Å². The lowest BCUT2D eigenvalue weighted by molar-refractivity contribution is 0.387. The maximum Gasteiger partial charge on any atom is 0.236 e. The van der Waals surface area contributed by atoms with Gasteiger partial charge in [-0.25, -0.2) is 27.8 Å². The summed E-state index contributed by atoms with van der Waals surface area (Å²) in [5, 5.41) is 3.95. The zero-order valence-corrected chi connectivity index (χ0v) is 24.2. The minimum absolute atomic E-state index is 0.209. The van der Waals surface area contributed by atoms with E-state index in [1.165, 1.54) is 12.1 Å². The highest BCUT2D eigenvalue weighted by Crippen LogP contribution is 2.39. The highest BCUT2D eigenvalue weighted by molar-refractivity contribution is 7.93. The van der Waals surface area contributed by atoms with Gasteiger partial charge in [-0.05, 0) is 82.5 Å². The van der Waals surface area contributed by atoms with Gasteiger partial charge in [0.05, 0.1) is 21.5 Å². The Balaban J connectivity index is 1.46. The molecule has 0 radical (unpaired) electrons. The summed E-state index contributed by atoms with van der Waals surface area (Å²) >= 11 is 1.16. The molecule has 5 aromatic rings. The Morgan fingerprint density at radius 2 is 1.82 bits per heavy atom. The Morgan fingerprint density at radius 1 is 1.05 bits per heavy atom. The summed E-state index contributed by atoms with van der Waals surface area (Å²) in [7, 11) is 0.504. The number of thiazole rings is 1. The molecule has 5 rings (SSSR count). The van der Waals surface area contributed by atoms with Crippen LogP contribution in [0.25, 0.3) is 32.7 Å². The second-order valence-electron chi connectivity index (χ2n) is 9.88.